The summed E-state index contributed by atoms with van der Waals surface area (Å²) in [5, 5.41) is 2.04. The first-order valence-electron chi connectivity index (χ1n) is 6.46. The number of anilines is 1. The van der Waals surface area contributed by atoms with E-state index in [0.29, 0.717) is 5.95 Å². The molecule has 3 nitrogen and oxygen atoms in total. The summed E-state index contributed by atoms with van der Waals surface area (Å²) in [4.78, 5) is 12.2. The topological polar surface area (TPSA) is 51.8 Å². The monoisotopic (exact) mass is 301 g/mol. The van der Waals surface area contributed by atoms with Gasteiger partial charge in [-0.25, -0.2) is 9.97 Å². The fourth-order valence-corrected chi connectivity index (χ4v) is 3.87. The number of rotatable bonds is 3. The van der Waals surface area contributed by atoms with E-state index < -0.39 is 0 Å². The molecule has 1 aromatic carbocycles. The van der Waals surface area contributed by atoms with Gasteiger partial charge in [-0.3, -0.25) is 0 Å². The van der Waals surface area contributed by atoms with Gasteiger partial charge >= 0.3 is 0 Å². The lowest BCUT2D eigenvalue weighted by atomic mass is 10.2. The predicted molar refractivity (Wildman–Crippen MR) is 86.5 cm³/mol. The summed E-state index contributed by atoms with van der Waals surface area (Å²) in [5.74, 6) is 0.344. The Labute approximate surface area is 126 Å². The molecule has 0 aliphatic rings. The lowest BCUT2D eigenvalue weighted by Gasteiger charge is -2.03. The molecule has 0 amide bonds. The summed E-state index contributed by atoms with van der Waals surface area (Å²) < 4.78 is 0. The van der Waals surface area contributed by atoms with Gasteiger partial charge in [-0.2, -0.15) is 0 Å². The second-order valence-corrected chi connectivity index (χ2v) is 6.76. The first kappa shape index (κ1) is 13.4. The molecule has 0 unspecified atom stereocenters. The Morgan fingerprint density at radius 3 is 2.65 bits per heavy atom. The van der Waals surface area contributed by atoms with E-state index in [2.05, 4.69) is 54.1 Å². The number of thiophene rings is 1. The zero-order valence-corrected chi connectivity index (χ0v) is 13.0. The third-order valence-electron chi connectivity index (χ3n) is 3.01. The van der Waals surface area contributed by atoms with Gasteiger partial charge in [0.2, 0.25) is 5.95 Å². The van der Waals surface area contributed by atoms with Crippen LogP contribution >= 0.6 is 23.1 Å². The van der Waals surface area contributed by atoms with Crippen LogP contribution in [-0.2, 0) is 6.42 Å². The highest BCUT2D eigenvalue weighted by Gasteiger charge is 2.11. The summed E-state index contributed by atoms with van der Waals surface area (Å²) in [6.45, 7) is 4.23. The molecule has 2 heterocycles. The summed E-state index contributed by atoms with van der Waals surface area (Å²) in [7, 11) is 0. The van der Waals surface area contributed by atoms with Crippen molar-refractivity contribution in [1.82, 2.24) is 9.97 Å². The van der Waals surface area contributed by atoms with Gasteiger partial charge in [0, 0.05) is 15.2 Å². The van der Waals surface area contributed by atoms with Crippen LogP contribution in [0.25, 0.3) is 10.2 Å². The number of hydrogen-bond donors (Lipinski definition) is 1. The number of aromatic nitrogens is 2. The Bertz CT molecular complexity index is 748. The minimum atomic E-state index is 0.344. The molecule has 0 aliphatic heterocycles. The zero-order chi connectivity index (χ0) is 14.1. The van der Waals surface area contributed by atoms with Crippen molar-refractivity contribution in [3.8, 4) is 0 Å². The molecule has 0 fully saturated rings. The molecular weight excluding hydrogens is 286 g/mol. The van der Waals surface area contributed by atoms with Crippen LogP contribution in [0, 0.1) is 6.92 Å². The molecule has 0 saturated heterocycles. The second-order valence-electron chi connectivity index (χ2n) is 4.59. The van der Waals surface area contributed by atoms with E-state index in [0.717, 1.165) is 21.7 Å². The molecule has 3 rings (SSSR count). The molecule has 102 valence electrons. The van der Waals surface area contributed by atoms with E-state index in [-0.39, 0.29) is 0 Å². The van der Waals surface area contributed by atoms with Gasteiger partial charge in [0.15, 0.2) is 0 Å². The number of fused-ring (bicyclic) bond motifs is 1. The Balaban J connectivity index is 2.05. The molecule has 0 bridgehead atoms. The van der Waals surface area contributed by atoms with Crippen molar-refractivity contribution in [2.75, 3.05) is 5.73 Å². The maximum atomic E-state index is 5.82. The molecule has 0 radical (unpaired) electrons. The highest BCUT2D eigenvalue weighted by molar-refractivity contribution is 7.99. The van der Waals surface area contributed by atoms with Crippen molar-refractivity contribution >= 4 is 39.3 Å². The molecule has 0 atom stereocenters. The molecule has 2 N–H and O–H groups in total. The Hall–Kier alpha value is -1.59. The first-order valence-corrected chi connectivity index (χ1v) is 8.09. The Morgan fingerprint density at radius 2 is 1.95 bits per heavy atom. The van der Waals surface area contributed by atoms with Gasteiger partial charge in [0.25, 0.3) is 0 Å². The minimum Gasteiger partial charge on any atom is -0.368 e. The smallest absolute Gasteiger partial charge is 0.222 e. The third-order valence-corrected chi connectivity index (χ3v) is 5.20. The van der Waals surface area contributed by atoms with E-state index in [9.17, 15) is 0 Å². The lowest BCUT2D eigenvalue weighted by Crippen LogP contribution is -1.95. The van der Waals surface area contributed by atoms with Gasteiger partial charge < -0.3 is 5.73 Å². The van der Waals surface area contributed by atoms with Crippen molar-refractivity contribution in [1.29, 1.82) is 0 Å². The molecule has 20 heavy (non-hydrogen) atoms. The number of nitrogens with two attached hydrogens (primary N) is 1. The van der Waals surface area contributed by atoms with Crippen molar-refractivity contribution < 1.29 is 0 Å². The van der Waals surface area contributed by atoms with Crippen LogP contribution in [0.15, 0.2) is 40.3 Å². The number of aryl methyl sites for hydroxylation is 2. The number of nitrogen functional groups attached to an aromatic ring is 1. The number of hydrogen-bond acceptors (Lipinski definition) is 5. The molecular formula is C15H15N3S2. The van der Waals surface area contributed by atoms with E-state index >= 15 is 0 Å². The van der Waals surface area contributed by atoms with Crippen molar-refractivity contribution in [2.45, 2.75) is 30.2 Å². The van der Waals surface area contributed by atoms with Gasteiger partial charge in [0.1, 0.15) is 9.86 Å². The fourth-order valence-electron chi connectivity index (χ4n) is 1.93. The van der Waals surface area contributed by atoms with Crippen molar-refractivity contribution in [3.63, 3.8) is 0 Å². The maximum absolute atomic E-state index is 5.82. The molecule has 0 saturated carbocycles. The van der Waals surface area contributed by atoms with Gasteiger partial charge in [0.05, 0.1) is 0 Å². The standard InChI is InChI=1S/C15H15N3S2/c1-3-10-8-12-13(19-10)17-15(16)18-14(12)20-11-6-4-9(2)5-7-11/h4-8H,3H2,1-2H3,(H2,16,17,18). The van der Waals surface area contributed by atoms with Crippen LogP contribution in [0.5, 0.6) is 0 Å². The van der Waals surface area contributed by atoms with Crippen LogP contribution in [-0.4, -0.2) is 9.97 Å². The van der Waals surface area contributed by atoms with Gasteiger partial charge in [-0.05, 0) is 31.5 Å². The molecule has 5 heteroatoms. The average Bonchev–Trinajstić information content (AvgIpc) is 2.84. The van der Waals surface area contributed by atoms with Gasteiger partial charge in [-0.1, -0.05) is 36.4 Å². The van der Waals surface area contributed by atoms with Crippen LogP contribution in [0.1, 0.15) is 17.4 Å². The minimum absolute atomic E-state index is 0.344. The fraction of sp³-hybridized carbons (Fsp3) is 0.200. The Morgan fingerprint density at radius 1 is 1.20 bits per heavy atom. The highest BCUT2D eigenvalue weighted by Crippen LogP contribution is 2.35. The first-order chi connectivity index (χ1) is 9.65. The number of nitrogens with zero attached hydrogens (tertiary/aromatic N) is 2. The molecule has 2 aromatic heterocycles. The zero-order valence-electron chi connectivity index (χ0n) is 11.4. The van der Waals surface area contributed by atoms with Crippen molar-refractivity contribution in [3.05, 3.63) is 40.8 Å². The number of benzene rings is 1. The van der Waals surface area contributed by atoms with Crippen LogP contribution < -0.4 is 5.73 Å². The average molecular weight is 301 g/mol. The molecule has 0 spiro atoms. The normalized spacial score (nSPS) is 11.1. The van der Waals surface area contributed by atoms with E-state index in [1.807, 2.05) is 0 Å². The predicted octanol–water partition coefficient (Wildman–Crippen LogP) is 4.30. The summed E-state index contributed by atoms with van der Waals surface area (Å²) in [5.41, 5.74) is 7.08. The largest absolute Gasteiger partial charge is 0.368 e. The molecule has 0 aliphatic carbocycles. The Kier molecular flexibility index (Phi) is 3.63. The van der Waals surface area contributed by atoms with Gasteiger partial charge in [-0.15, -0.1) is 11.3 Å². The quantitative estimate of drug-likeness (QED) is 0.733. The SMILES string of the molecule is CCc1cc2c(Sc3ccc(C)cc3)nc(N)nc2s1. The van der Waals surface area contributed by atoms with E-state index in [4.69, 9.17) is 5.73 Å². The van der Waals surface area contributed by atoms with Crippen LogP contribution in [0.3, 0.4) is 0 Å². The summed E-state index contributed by atoms with van der Waals surface area (Å²) in [6, 6.07) is 10.6. The van der Waals surface area contributed by atoms with Crippen molar-refractivity contribution in [2.24, 2.45) is 0 Å². The summed E-state index contributed by atoms with van der Waals surface area (Å²) >= 11 is 3.33. The van der Waals surface area contributed by atoms with Crippen LogP contribution in [0.2, 0.25) is 0 Å². The maximum Gasteiger partial charge on any atom is 0.222 e. The third kappa shape index (κ3) is 2.64. The van der Waals surface area contributed by atoms with E-state index in [1.54, 1.807) is 23.1 Å². The van der Waals surface area contributed by atoms with Crippen LogP contribution in [0.4, 0.5) is 5.95 Å². The highest BCUT2D eigenvalue weighted by atomic mass is 32.2. The lowest BCUT2D eigenvalue weighted by molar-refractivity contribution is 1.12. The molecule has 3 aromatic rings. The van der Waals surface area contributed by atoms with E-state index in [1.165, 1.54) is 15.3 Å². The second kappa shape index (κ2) is 5.42. The summed E-state index contributed by atoms with van der Waals surface area (Å²) in [6.07, 6.45) is 1.01.